The summed E-state index contributed by atoms with van der Waals surface area (Å²) in [7, 11) is 5.50. The van der Waals surface area contributed by atoms with Crippen LogP contribution in [0.5, 0.6) is 5.75 Å². The zero-order chi connectivity index (χ0) is 23.0. The van der Waals surface area contributed by atoms with Crippen molar-refractivity contribution in [3.05, 3.63) is 53.6 Å². The first-order valence-electron chi connectivity index (χ1n) is 10.4. The molecule has 0 saturated carbocycles. The van der Waals surface area contributed by atoms with Crippen molar-refractivity contribution in [2.24, 2.45) is 0 Å². The van der Waals surface area contributed by atoms with Gasteiger partial charge in [-0.25, -0.2) is 23.6 Å². The van der Waals surface area contributed by atoms with E-state index in [4.69, 9.17) is 16.3 Å². The number of benzene rings is 2. The number of halogens is 2. The first-order valence-corrected chi connectivity index (χ1v) is 10.8. The van der Waals surface area contributed by atoms with Crippen molar-refractivity contribution in [2.45, 2.75) is 25.5 Å². The van der Waals surface area contributed by atoms with Gasteiger partial charge in [-0.15, -0.1) is 0 Å². The van der Waals surface area contributed by atoms with Gasteiger partial charge in [-0.05, 0) is 31.2 Å². The van der Waals surface area contributed by atoms with Gasteiger partial charge in [-0.3, -0.25) is 4.90 Å². The fourth-order valence-electron chi connectivity index (χ4n) is 4.23. The number of hydrogen-bond acceptors (Lipinski definition) is 5. The summed E-state index contributed by atoms with van der Waals surface area (Å²) < 4.78 is 20.8. The van der Waals surface area contributed by atoms with Crippen LogP contribution in [-0.4, -0.2) is 65.2 Å². The SMILES string of the molecule is CC1C[C@H](Oc2ccc3c(Nc4cccc(Cl)c4F)ncnc3c2)C[N+]1(C)C(=O)N(C)C. The van der Waals surface area contributed by atoms with Crippen LogP contribution >= 0.6 is 11.6 Å². The van der Waals surface area contributed by atoms with E-state index in [0.29, 0.717) is 28.1 Å². The van der Waals surface area contributed by atoms with Crippen LogP contribution in [0.4, 0.5) is 20.7 Å². The van der Waals surface area contributed by atoms with E-state index in [1.165, 1.54) is 12.4 Å². The third-order valence-corrected chi connectivity index (χ3v) is 6.39. The molecule has 0 radical (unpaired) electrons. The fourth-order valence-corrected chi connectivity index (χ4v) is 4.40. The maximum atomic E-state index is 14.3. The smallest absolute Gasteiger partial charge is 0.418 e. The standard InChI is InChI=1S/C23H26ClFN5O2/c1-14-10-16(12-30(14,4)23(31)29(2)3)32-15-8-9-17-20(11-15)26-13-27-22(17)28-19-7-5-6-18(24)21(19)25/h5-9,11,13-14,16H,10,12H2,1-4H3,(H,26,27,28)/q+1/t14?,16-,30?/m0/s1. The number of fused-ring (bicyclic) bond motifs is 1. The first-order chi connectivity index (χ1) is 15.2. The van der Waals surface area contributed by atoms with Crippen LogP contribution in [0, 0.1) is 5.82 Å². The molecular formula is C23H26ClFN5O2+. The second kappa shape index (κ2) is 8.52. The Labute approximate surface area is 191 Å². The molecular weight excluding hydrogens is 433 g/mol. The summed E-state index contributed by atoms with van der Waals surface area (Å²) in [6.07, 6.45) is 2.10. The Hall–Kier alpha value is -2.97. The highest BCUT2D eigenvalue weighted by Crippen LogP contribution is 2.32. The minimum Gasteiger partial charge on any atom is -0.484 e. The van der Waals surface area contributed by atoms with Gasteiger partial charge in [0.25, 0.3) is 0 Å². The van der Waals surface area contributed by atoms with E-state index in [1.807, 2.05) is 25.2 Å². The predicted molar refractivity (Wildman–Crippen MR) is 123 cm³/mol. The molecule has 2 amide bonds. The number of ether oxygens (including phenoxy) is 1. The second-order valence-electron chi connectivity index (χ2n) is 8.58. The maximum absolute atomic E-state index is 14.3. The molecule has 1 aromatic heterocycles. The van der Waals surface area contributed by atoms with E-state index in [0.717, 1.165) is 11.8 Å². The molecule has 3 atom stereocenters. The molecule has 1 N–H and O–H groups in total. The molecule has 9 heteroatoms. The van der Waals surface area contributed by atoms with Gasteiger partial charge in [0, 0.05) is 32.0 Å². The van der Waals surface area contributed by atoms with Crippen molar-refractivity contribution >= 4 is 40.0 Å². The summed E-state index contributed by atoms with van der Waals surface area (Å²) in [5, 5.41) is 3.75. The molecule has 2 aromatic carbocycles. The predicted octanol–water partition coefficient (Wildman–Crippen LogP) is 4.83. The summed E-state index contributed by atoms with van der Waals surface area (Å²) in [4.78, 5) is 22.9. The Balaban J connectivity index is 1.55. The Bertz CT molecular complexity index is 1170. The van der Waals surface area contributed by atoms with E-state index >= 15 is 0 Å². The van der Waals surface area contributed by atoms with Gasteiger partial charge in [-0.2, -0.15) is 0 Å². The number of quaternary nitrogens is 1. The average Bonchev–Trinajstić information content (AvgIpc) is 3.04. The second-order valence-corrected chi connectivity index (χ2v) is 8.99. The van der Waals surface area contributed by atoms with Crippen molar-refractivity contribution in [2.75, 3.05) is 33.0 Å². The highest BCUT2D eigenvalue weighted by Gasteiger charge is 2.48. The van der Waals surface area contributed by atoms with Crippen molar-refractivity contribution in [3.63, 3.8) is 0 Å². The minimum absolute atomic E-state index is 0.0352. The van der Waals surface area contributed by atoms with Crippen LogP contribution in [-0.2, 0) is 0 Å². The monoisotopic (exact) mass is 458 g/mol. The Morgan fingerprint density at radius 1 is 1.28 bits per heavy atom. The molecule has 1 saturated heterocycles. The van der Waals surface area contributed by atoms with Gasteiger partial charge >= 0.3 is 6.03 Å². The zero-order valence-electron chi connectivity index (χ0n) is 18.5. The summed E-state index contributed by atoms with van der Waals surface area (Å²) in [5.74, 6) is 0.599. The largest absolute Gasteiger partial charge is 0.484 e. The number of likely N-dealkylation sites (N-methyl/N-ethyl adjacent to an activating group) is 1. The lowest BCUT2D eigenvalue weighted by molar-refractivity contribution is -0.844. The molecule has 4 rings (SSSR count). The van der Waals surface area contributed by atoms with Gasteiger partial charge in [0.2, 0.25) is 0 Å². The van der Waals surface area contributed by atoms with Crippen LogP contribution in [0.3, 0.4) is 0 Å². The van der Waals surface area contributed by atoms with E-state index < -0.39 is 5.82 Å². The number of carbonyl (C=O) groups is 1. The fraction of sp³-hybridized carbons (Fsp3) is 0.348. The highest BCUT2D eigenvalue weighted by atomic mass is 35.5. The molecule has 7 nitrogen and oxygen atoms in total. The minimum atomic E-state index is -0.537. The Kier molecular flexibility index (Phi) is 5.92. The molecule has 2 heterocycles. The van der Waals surface area contributed by atoms with Gasteiger partial charge in [0.15, 0.2) is 11.9 Å². The molecule has 0 aliphatic carbocycles. The number of nitrogens with one attached hydrogen (secondary N) is 1. The Morgan fingerprint density at radius 2 is 2.06 bits per heavy atom. The van der Waals surface area contributed by atoms with Crippen molar-refractivity contribution in [1.29, 1.82) is 0 Å². The van der Waals surface area contributed by atoms with Crippen LogP contribution in [0.25, 0.3) is 10.9 Å². The molecule has 2 unspecified atom stereocenters. The average molecular weight is 459 g/mol. The van der Waals surface area contributed by atoms with E-state index in [9.17, 15) is 9.18 Å². The van der Waals surface area contributed by atoms with Gasteiger partial charge in [0.05, 0.1) is 29.3 Å². The number of hydrogen-bond donors (Lipinski definition) is 1. The summed E-state index contributed by atoms with van der Waals surface area (Å²) >= 11 is 5.88. The van der Waals surface area contributed by atoms with Crippen molar-refractivity contribution in [1.82, 2.24) is 14.9 Å². The number of anilines is 2. The molecule has 168 valence electrons. The first kappa shape index (κ1) is 22.2. The topological polar surface area (TPSA) is 67.3 Å². The third-order valence-electron chi connectivity index (χ3n) is 6.09. The van der Waals surface area contributed by atoms with Crippen LogP contribution < -0.4 is 10.1 Å². The number of aromatic nitrogens is 2. The normalized spacial score (nSPS) is 22.7. The van der Waals surface area contributed by atoms with Crippen LogP contribution in [0.2, 0.25) is 5.02 Å². The van der Waals surface area contributed by atoms with Crippen LogP contribution in [0.15, 0.2) is 42.7 Å². The summed E-state index contributed by atoms with van der Waals surface area (Å²) in [6.45, 7) is 2.67. The lowest BCUT2D eigenvalue weighted by Crippen LogP contribution is -2.56. The number of carbonyl (C=O) groups excluding carboxylic acids is 1. The maximum Gasteiger partial charge on any atom is 0.418 e. The van der Waals surface area contributed by atoms with Crippen molar-refractivity contribution < 1.29 is 18.4 Å². The third kappa shape index (κ3) is 4.08. The molecule has 0 spiro atoms. The quantitative estimate of drug-likeness (QED) is 0.567. The molecule has 32 heavy (non-hydrogen) atoms. The molecule has 1 aliphatic rings. The number of rotatable bonds is 4. The molecule has 1 fully saturated rings. The molecule has 1 aliphatic heterocycles. The van der Waals surface area contributed by atoms with Gasteiger partial charge in [0.1, 0.15) is 24.4 Å². The van der Waals surface area contributed by atoms with Crippen LogP contribution in [0.1, 0.15) is 13.3 Å². The lowest BCUT2D eigenvalue weighted by atomic mass is 10.2. The van der Waals surface area contributed by atoms with E-state index in [-0.39, 0.29) is 28.9 Å². The van der Waals surface area contributed by atoms with Crippen molar-refractivity contribution in [3.8, 4) is 5.75 Å². The Morgan fingerprint density at radius 3 is 2.81 bits per heavy atom. The summed E-state index contributed by atoms with van der Waals surface area (Å²) in [5.41, 5.74) is 0.899. The lowest BCUT2D eigenvalue weighted by Gasteiger charge is -2.33. The van der Waals surface area contributed by atoms with E-state index in [1.54, 1.807) is 31.1 Å². The van der Waals surface area contributed by atoms with Gasteiger partial charge in [-0.1, -0.05) is 17.7 Å². The van der Waals surface area contributed by atoms with Gasteiger partial charge < -0.3 is 10.1 Å². The summed E-state index contributed by atoms with van der Waals surface area (Å²) in [6, 6.07) is 10.5. The molecule has 0 bridgehead atoms. The number of amides is 2. The number of urea groups is 1. The highest BCUT2D eigenvalue weighted by molar-refractivity contribution is 6.31. The number of nitrogens with zero attached hydrogens (tertiary/aromatic N) is 4. The van der Waals surface area contributed by atoms with E-state index in [2.05, 4.69) is 22.2 Å². The molecule has 3 aromatic rings. The number of likely N-dealkylation sites (tertiary alicyclic amines) is 1. The zero-order valence-corrected chi connectivity index (χ0v) is 19.2.